The average molecular weight is 152 g/mol. The minimum absolute atomic E-state index is 0.464. The van der Waals surface area contributed by atoms with Gasteiger partial charge in [-0.2, -0.15) is 0 Å². The van der Waals surface area contributed by atoms with Crippen molar-refractivity contribution in [1.82, 2.24) is 0 Å². The molecule has 1 rings (SSSR count). The summed E-state index contributed by atoms with van der Waals surface area (Å²) in [5.74, 6) is 1.62. The Bertz CT molecular complexity index is 169. The van der Waals surface area contributed by atoms with Crippen LogP contribution in [0.1, 0.15) is 41.0 Å². The van der Waals surface area contributed by atoms with Crippen molar-refractivity contribution in [3.8, 4) is 0 Å². The van der Waals surface area contributed by atoms with Crippen LogP contribution in [-0.2, 0) is 0 Å². The Labute approximate surface area is 70.7 Å². The Kier molecular flexibility index (Phi) is 2.13. The SMILES string of the molecule is CC1=CC(C)CC1C(C)(C)C. The van der Waals surface area contributed by atoms with E-state index in [2.05, 4.69) is 40.7 Å². The molecule has 0 saturated carbocycles. The van der Waals surface area contributed by atoms with Crippen molar-refractivity contribution in [1.29, 1.82) is 0 Å². The molecule has 0 radical (unpaired) electrons. The first-order valence-corrected chi connectivity index (χ1v) is 4.59. The van der Waals surface area contributed by atoms with Crippen LogP contribution in [0.2, 0.25) is 0 Å². The lowest BCUT2D eigenvalue weighted by molar-refractivity contribution is 0.265. The zero-order valence-corrected chi connectivity index (χ0v) is 8.44. The molecule has 0 heterocycles. The molecular formula is C11H20. The second-order valence-corrected chi connectivity index (χ2v) is 5.04. The molecule has 0 bridgehead atoms. The summed E-state index contributed by atoms with van der Waals surface area (Å²) >= 11 is 0. The molecule has 64 valence electrons. The molecule has 2 unspecified atom stereocenters. The zero-order valence-electron chi connectivity index (χ0n) is 8.44. The number of rotatable bonds is 0. The molecule has 0 aromatic carbocycles. The highest BCUT2D eigenvalue weighted by atomic mass is 14.4. The lowest BCUT2D eigenvalue weighted by Gasteiger charge is -2.28. The van der Waals surface area contributed by atoms with Crippen LogP contribution in [0, 0.1) is 17.3 Å². The van der Waals surface area contributed by atoms with E-state index < -0.39 is 0 Å². The first-order chi connectivity index (χ1) is 4.91. The van der Waals surface area contributed by atoms with Gasteiger partial charge in [0.15, 0.2) is 0 Å². The Morgan fingerprint density at radius 3 is 2.09 bits per heavy atom. The largest absolute Gasteiger partial charge is 0.0824 e. The fourth-order valence-electron chi connectivity index (χ4n) is 2.23. The van der Waals surface area contributed by atoms with Gasteiger partial charge in [0, 0.05) is 0 Å². The lowest BCUT2D eigenvalue weighted by atomic mass is 9.77. The molecule has 0 fully saturated rings. The second kappa shape index (κ2) is 2.66. The monoisotopic (exact) mass is 152 g/mol. The Morgan fingerprint density at radius 1 is 1.36 bits per heavy atom. The molecule has 1 aliphatic carbocycles. The predicted molar refractivity (Wildman–Crippen MR) is 50.5 cm³/mol. The fraction of sp³-hybridized carbons (Fsp3) is 0.818. The van der Waals surface area contributed by atoms with Crippen LogP contribution in [-0.4, -0.2) is 0 Å². The molecule has 0 aromatic heterocycles. The summed E-state index contributed by atoms with van der Waals surface area (Å²) in [7, 11) is 0. The van der Waals surface area contributed by atoms with Gasteiger partial charge in [0.05, 0.1) is 0 Å². The molecule has 2 atom stereocenters. The van der Waals surface area contributed by atoms with Crippen LogP contribution in [0.4, 0.5) is 0 Å². The van der Waals surface area contributed by atoms with Crippen LogP contribution in [0.15, 0.2) is 11.6 Å². The van der Waals surface area contributed by atoms with Crippen LogP contribution in [0.3, 0.4) is 0 Å². The second-order valence-electron chi connectivity index (χ2n) is 5.04. The van der Waals surface area contributed by atoms with Crippen molar-refractivity contribution < 1.29 is 0 Å². The standard InChI is InChI=1S/C11H20/c1-8-6-9(2)10(7-8)11(3,4)5/h6,8,10H,7H2,1-5H3. The van der Waals surface area contributed by atoms with Gasteiger partial charge in [0.25, 0.3) is 0 Å². The lowest BCUT2D eigenvalue weighted by Crippen LogP contribution is -2.19. The number of hydrogen-bond donors (Lipinski definition) is 0. The molecule has 0 nitrogen and oxygen atoms in total. The molecule has 0 aliphatic heterocycles. The Morgan fingerprint density at radius 2 is 1.91 bits per heavy atom. The van der Waals surface area contributed by atoms with E-state index in [-0.39, 0.29) is 0 Å². The van der Waals surface area contributed by atoms with E-state index in [1.807, 2.05) is 0 Å². The van der Waals surface area contributed by atoms with Crippen molar-refractivity contribution >= 4 is 0 Å². The Hall–Kier alpha value is -0.260. The maximum Gasteiger partial charge on any atom is -0.0152 e. The van der Waals surface area contributed by atoms with E-state index >= 15 is 0 Å². The van der Waals surface area contributed by atoms with Crippen molar-refractivity contribution in [2.45, 2.75) is 41.0 Å². The number of hydrogen-bond acceptors (Lipinski definition) is 0. The quantitative estimate of drug-likeness (QED) is 0.465. The highest BCUT2D eigenvalue weighted by Crippen LogP contribution is 2.41. The summed E-state index contributed by atoms with van der Waals surface area (Å²) < 4.78 is 0. The van der Waals surface area contributed by atoms with Gasteiger partial charge in [0.1, 0.15) is 0 Å². The van der Waals surface area contributed by atoms with Crippen LogP contribution >= 0.6 is 0 Å². The average Bonchev–Trinajstić information content (AvgIpc) is 2.08. The molecule has 0 N–H and O–H groups in total. The predicted octanol–water partition coefficient (Wildman–Crippen LogP) is 3.63. The van der Waals surface area contributed by atoms with E-state index in [1.54, 1.807) is 5.57 Å². The molecule has 0 spiro atoms. The third-order valence-corrected chi connectivity index (χ3v) is 2.75. The maximum absolute atomic E-state index is 2.43. The summed E-state index contributed by atoms with van der Waals surface area (Å²) in [6.45, 7) is 11.6. The molecule has 0 aromatic rings. The van der Waals surface area contributed by atoms with E-state index in [9.17, 15) is 0 Å². The van der Waals surface area contributed by atoms with Gasteiger partial charge < -0.3 is 0 Å². The maximum atomic E-state index is 2.43. The van der Waals surface area contributed by atoms with Crippen molar-refractivity contribution in [3.63, 3.8) is 0 Å². The summed E-state index contributed by atoms with van der Waals surface area (Å²) in [5, 5.41) is 0. The first-order valence-electron chi connectivity index (χ1n) is 4.59. The summed E-state index contributed by atoms with van der Waals surface area (Å²) in [6, 6.07) is 0. The molecule has 0 amide bonds. The third-order valence-electron chi connectivity index (χ3n) is 2.75. The van der Waals surface area contributed by atoms with Gasteiger partial charge in [-0.05, 0) is 30.6 Å². The normalized spacial score (nSPS) is 32.3. The van der Waals surface area contributed by atoms with Crippen LogP contribution in [0.5, 0.6) is 0 Å². The Balaban J connectivity index is 2.72. The van der Waals surface area contributed by atoms with E-state index in [1.165, 1.54) is 6.42 Å². The van der Waals surface area contributed by atoms with Crippen LogP contribution in [0.25, 0.3) is 0 Å². The zero-order chi connectivity index (χ0) is 8.65. The highest BCUT2D eigenvalue weighted by molar-refractivity contribution is 5.14. The molecule has 0 heteroatoms. The molecular weight excluding hydrogens is 132 g/mol. The number of allylic oxidation sites excluding steroid dienone is 2. The van der Waals surface area contributed by atoms with Gasteiger partial charge >= 0.3 is 0 Å². The molecule has 0 saturated heterocycles. The minimum Gasteiger partial charge on any atom is -0.0824 e. The fourth-order valence-corrected chi connectivity index (χ4v) is 2.23. The van der Waals surface area contributed by atoms with Crippen molar-refractivity contribution in [2.24, 2.45) is 17.3 Å². The van der Waals surface area contributed by atoms with Crippen LogP contribution < -0.4 is 0 Å². The van der Waals surface area contributed by atoms with Crippen molar-refractivity contribution in [2.75, 3.05) is 0 Å². The highest BCUT2D eigenvalue weighted by Gasteiger charge is 2.30. The van der Waals surface area contributed by atoms with Gasteiger partial charge in [-0.1, -0.05) is 39.3 Å². The smallest absolute Gasteiger partial charge is 0.0152 e. The van der Waals surface area contributed by atoms with E-state index in [4.69, 9.17) is 0 Å². The summed E-state index contributed by atoms with van der Waals surface area (Å²) in [4.78, 5) is 0. The van der Waals surface area contributed by atoms with Gasteiger partial charge in [-0.15, -0.1) is 0 Å². The molecule has 1 aliphatic rings. The third kappa shape index (κ3) is 1.85. The van der Waals surface area contributed by atoms with Crippen molar-refractivity contribution in [3.05, 3.63) is 11.6 Å². The van der Waals surface area contributed by atoms with Gasteiger partial charge in [-0.25, -0.2) is 0 Å². The van der Waals surface area contributed by atoms with Gasteiger partial charge in [-0.3, -0.25) is 0 Å². The van der Waals surface area contributed by atoms with E-state index in [0.29, 0.717) is 5.41 Å². The van der Waals surface area contributed by atoms with E-state index in [0.717, 1.165) is 11.8 Å². The molecule has 11 heavy (non-hydrogen) atoms. The summed E-state index contributed by atoms with van der Waals surface area (Å²) in [5.41, 5.74) is 2.07. The topological polar surface area (TPSA) is 0 Å². The van der Waals surface area contributed by atoms with Gasteiger partial charge in [0.2, 0.25) is 0 Å². The first kappa shape index (κ1) is 8.83. The summed E-state index contributed by atoms with van der Waals surface area (Å²) in [6.07, 6.45) is 3.78. The minimum atomic E-state index is 0.464.